The van der Waals surface area contributed by atoms with Gasteiger partial charge < -0.3 is 4.90 Å². The van der Waals surface area contributed by atoms with Gasteiger partial charge in [-0.05, 0) is 43.9 Å². The van der Waals surface area contributed by atoms with Crippen molar-refractivity contribution in [2.24, 2.45) is 0 Å². The molecule has 1 aromatic rings. The highest BCUT2D eigenvalue weighted by Crippen LogP contribution is 2.34. The van der Waals surface area contributed by atoms with Crippen LogP contribution in [0.4, 0.5) is 11.4 Å². The SMILES string of the molecule is CCS(=O)(=O)N1CCc2ccc(N3CCCC3)cc21. The maximum absolute atomic E-state index is 12.1. The van der Waals surface area contributed by atoms with Gasteiger partial charge in [0.05, 0.1) is 11.4 Å². The van der Waals surface area contributed by atoms with Gasteiger partial charge in [-0.1, -0.05) is 6.07 Å². The molecule has 0 saturated carbocycles. The minimum atomic E-state index is -3.14. The fourth-order valence-corrected chi connectivity index (χ4v) is 4.11. The lowest BCUT2D eigenvalue weighted by molar-refractivity contribution is 0.593. The molecule has 2 heterocycles. The lowest BCUT2D eigenvalue weighted by Gasteiger charge is -2.22. The van der Waals surface area contributed by atoms with E-state index in [0.717, 1.165) is 36.4 Å². The third-order valence-electron chi connectivity index (χ3n) is 4.09. The second-order valence-corrected chi connectivity index (χ2v) is 7.41. The molecule has 0 aliphatic carbocycles. The number of fused-ring (bicyclic) bond motifs is 1. The zero-order valence-corrected chi connectivity index (χ0v) is 12.1. The Labute approximate surface area is 115 Å². The fourth-order valence-electron chi connectivity index (χ4n) is 2.96. The molecule has 0 radical (unpaired) electrons. The van der Waals surface area contributed by atoms with E-state index in [1.54, 1.807) is 11.2 Å². The largest absolute Gasteiger partial charge is 0.371 e. The van der Waals surface area contributed by atoms with Gasteiger partial charge in [-0.15, -0.1) is 0 Å². The molecule has 5 heteroatoms. The summed E-state index contributed by atoms with van der Waals surface area (Å²) >= 11 is 0. The standard InChI is InChI=1S/C14H20N2O2S/c1-2-19(17,18)16-10-7-12-5-6-13(11-14(12)16)15-8-3-4-9-15/h5-6,11H,2-4,7-10H2,1H3. The fraction of sp³-hybridized carbons (Fsp3) is 0.571. The number of hydrogen-bond donors (Lipinski definition) is 0. The van der Waals surface area contributed by atoms with Gasteiger partial charge in [0, 0.05) is 25.3 Å². The number of nitrogens with zero attached hydrogens (tertiary/aromatic N) is 2. The highest BCUT2D eigenvalue weighted by molar-refractivity contribution is 7.92. The number of sulfonamides is 1. The minimum absolute atomic E-state index is 0.167. The molecule has 2 aliphatic heterocycles. The van der Waals surface area contributed by atoms with Crippen LogP contribution in [0.5, 0.6) is 0 Å². The van der Waals surface area contributed by atoms with E-state index in [4.69, 9.17) is 0 Å². The highest BCUT2D eigenvalue weighted by Gasteiger charge is 2.28. The smallest absolute Gasteiger partial charge is 0.234 e. The van der Waals surface area contributed by atoms with Crippen LogP contribution >= 0.6 is 0 Å². The van der Waals surface area contributed by atoms with Gasteiger partial charge in [0.1, 0.15) is 0 Å². The first-order valence-corrected chi connectivity index (χ1v) is 8.61. The van der Waals surface area contributed by atoms with Crippen molar-refractivity contribution >= 4 is 21.4 Å². The van der Waals surface area contributed by atoms with Crippen molar-refractivity contribution in [1.29, 1.82) is 0 Å². The Morgan fingerprint density at radius 3 is 2.58 bits per heavy atom. The minimum Gasteiger partial charge on any atom is -0.371 e. The summed E-state index contributed by atoms with van der Waals surface area (Å²) in [5, 5.41) is 0. The van der Waals surface area contributed by atoms with Crippen molar-refractivity contribution in [3.05, 3.63) is 23.8 Å². The van der Waals surface area contributed by atoms with Gasteiger partial charge in [-0.25, -0.2) is 8.42 Å². The Morgan fingerprint density at radius 1 is 1.16 bits per heavy atom. The first-order chi connectivity index (χ1) is 9.12. The van der Waals surface area contributed by atoms with Crippen LogP contribution < -0.4 is 9.21 Å². The molecule has 2 aliphatic rings. The third kappa shape index (κ3) is 2.20. The Balaban J connectivity index is 1.97. The van der Waals surface area contributed by atoms with Crippen LogP contribution in [0.1, 0.15) is 25.3 Å². The molecule has 0 bridgehead atoms. The normalized spacial score (nSPS) is 19.0. The Hall–Kier alpha value is -1.23. The number of benzene rings is 1. The van der Waals surface area contributed by atoms with E-state index in [1.165, 1.54) is 12.8 Å². The Morgan fingerprint density at radius 2 is 1.89 bits per heavy atom. The molecule has 0 unspecified atom stereocenters. The average molecular weight is 280 g/mol. The lowest BCUT2D eigenvalue weighted by Crippen LogP contribution is -2.30. The molecule has 104 valence electrons. The molecule has 4 nitrogen and oxygen atoms in total. The van der Waals surface area contributed by atoms with E-state index < -0.39 is 10.0 Å². The Kier molecular flexibility index (Phi) is 3.17. The summed E-state index contributed by atoms with van der Waals surface area (Å²) in [7, 11) is -3.14. The number of hydrogen-bond acceptors (Lipinski definition) is 3. The van der Waals surface area contributed by atoms with Crippen LogP contribution in [-0.2, 0) is 16.4 Å². The first-order valence-electron chi connectivity index (χ1n) is 7.00. The third-order valence-corrected chi connectivity index (χ3v) is 5.87. The molecular weight excluding hydrogens is 260 g/mol. The second kappa shape index (κ2) is 4.71. The van der Waals surface area contributed by atoms with Crippen molar-refractivity contribution in [3.63, 3.8) is 0 Å². The maximum Gasteiger partial charge on any atom is 0.234 e. The van der Waals surface area contributed by atoms with E-state index in [9.17, 15) is 8.42 Å². The average Bonchev–Trinajstić information content (AvgIpc) is 3.07. The van der Waals surface area contributed by atoms with Crippen LogP contribution in [0.2, 0.25) is 0 Å². The van der Waals surface area contributed by atoms with Crippen molar-refractivity contribution in [1.82, 2.24) is 0 Å². The molecule has 0 amide bonds. The van der Waals surface area contributed by atoms with Crippen LogP contribution in [0.3, 0.4) is 0 Å². The topological polar surface area (TPSA) is 40.6 Å². The van der Waals surface area contributed by atoms with Crippen molar-refractivity contribution in [3.8, 4) is 0 Å². The predicted octanol–water partition coefficient (Wildman–Crippen LogP) is 2.00. The molecule has 19 heavy (non-hydrogen) atoms. The summed E-state index contributed by atoms with van der Waals surface area (Å²) < 4.78 is 25.8. The van der Waals surface area contributed by atoms with E-state index in [0.29, 0.717) is 6.54 Å². The molecule has 0 aromatic heterocycles. The van der Waals surface area contributed by atoms with Gasteiger partial charge in [0.2, 0.25) is 10.0 Å². The van der Waals surface area contributed by atoms with E-state index in [1.807, 2.05) is 0 Å². The second-order valence-electron chi connectivity index (χ2n) is 5.23. The number of anilines is 2. The van der Waals surface area contributed by atoms with E-state index in [-0.39, 0.29) is 5.75 Å². The Bertz CT molecular complexity index is 577. The predicted molar refractivity (Wildman–Crippen MR) is 78.4 cm³/mol. The first kappa shape index (κ1) is 12.8. The van der Waals surface area contributed by atoms with Crippen molar-refractivity contribution < 1.29 is 8.42 Å². The summed E-state index contributed by atoms with van der Waals surface area (Å²) in [6, 6.07) is 6.28. The molecular formula is C14H20N2O2S. The zero-order chi connectivity index (χ0) is 13.5. The van der Waals surface area contributed by atoms with E-state index in [2.05, 4.69) is 23.1 Å². The summed E-state index contributed by atoms with van der Waals surface area (Å²) in [6.45, 7) is 4.46. The summed E-state index contributed by atoms with van der Waals surface area (Å²) in [5.41, 5.74) is 3.21. The lowest BCUT2D eigenvalue weighted by atomic mass is 10.1. The maximum atomic E-state index is 12.1. The molecule has 1 fully saturated rings. The van der Waals surface area contributed by atoms with Gasteiger partial charge in [-0.3, -0.25) is 4.31 Å². The van der Waals surface area contributed by atoms with Gasteiger partial charge in [0.15, 0.2) is 0 Å². The molecule has 0 N–H and O–H groups in total. The van der Waals surface area contributed by atoms with Gasteiger partial charge >= 0.3 is 0 Å². The monoisotopic (exact) mass is 280 g/mol. The highest BCUT2D eigenvalue weighted by atomic mass is 32.2. The zero-order valence-electron chi connectivity index (χ0n) is 11.3. The van der Waals surface area contributed by atoms with Gasteiger partial charge in [0.25, 0.3) is 0 Å². The van der Waals surface area contributed by atoms with E-state index >= 15 is 0 Å². The molecule has 0 spiro atoms. The molecule has 0 atom stereocenters. The van der Waals surface area contributed by atoms with Crippen LogP contribution in [0.15, 0.2) is 18.2 Å². The quantitative estimate of drug-likeness (QED) is 0.850. The van der Waals surface area contributed by atoms with Crippen LogP contribution in [0, 0.1) is 0 Å². The molecule has 1 saturated heterocycles. The van der Waals surface area contributed by atoms with Crippen LogP contribution in [0.25, 0.3) is 0 Å². The molecule has 3 rings (SSSR count). The summed E-state index contributed by atoms with van der Waals surface area (Å²) in [5.74, 6) is 0.167. The van der Waals surface area contributed by atoms with Crippen molar-refractivity contribution in [2.45, 2.75) is 26.2 Å². The van der Waals surface area contributed by atoms with Crippen LogP contribution in [-0.4, -0.2) is 33.8 Å². The summed E-state index contributed by atoms with van der Waals surface area (Å²) in [6.07, 6.45) is 3.29. The molecule has 1 aromatic carbocycles. The number of rotatable bonds is 3. The van der Waals surface area contributed by atoms with Crippen molar-refractivity contribution in [2.75, 3.05) is 34.6 Å². The van der Waals surface area contributed by atoms with Gasteiger partial charge in [-0.2, -0.15) is 0 Å². The summed E-state index contributed by atoms with van der Waals surface area (Å²) in [4.78, 5) is 2.34.